The first-order valence-electron chi connectivity index (χ1n) is 5.85. The van der Waals surface area contributed by atoms with Gasteiger partial charge in [0.05, 0.1) is 17.2 Å². The first-order valence-corrected chi connectivity index (χ1v) is 6.23. The average molecular weight is 248 g/mol. The summed E-state index contributed by atoms with van der Waals surface area (Å²) in [6.07, 6.45) is 3.78. The van der Waals surface area contributed by atoms with Crippen molar-refractivity contribution in [3.05, 3.63) is 34.6 Å². The number of halogens is 1. The molecule has 0 saturated heterocycles. The summed E-state index contributed by atoms with van der Waals surface area (Å²) in [5.74, 6) is 0. The van der Waals surface area contributed by atoms with E-state index in [4.69, 9.17) is 11.6 Å². The second-order valence-corrected chi connectivity index (χ2v) is 4.99. The molecule has 0 N–H and O–H groups in total. The highest BCUT2D eigenvalue weighted by Gasteiger charge is 2.12. The SMILES string of the molecule is CN1CCc2cc3ncc(Cl)nc3cc2CC1. The smallest absolute Gasteiger partial charge is 0.148 e. The van der Waals surface area contributed by atoms with Gasteiger partial charge >= 0.3 is 0 Å². The number of rotatable bonds is 0. The van der Waals surface area contributed by atoms with Crippen molar-refractivity contribution >= 4 is 22.6 Å². The summed E-state index contributed by atoms with van der Waals surface area (Å²) in [6.45, 7) is 2.21. The van der Waals surface area contributed by atoms with E-state index in [0.717, 1.165) is 37.0 Å². The zero-order valence-electron chi connectivity index (χ0n) is 9.78. The fourth-order valence-electron chi connectivity index (χ4n) is 2.32. The molecule has 3 rings (SSSR count). The summed E-state index contributed by atoms with van der Waals surface area (Å²) in [4.78, 5) is 11.0. The number of hydrogen-bond acceptors (Lipinski definition) is 3. The van der Waals surface area contributed by atoms with Crippen LogP contribution in [0.1, 0.15) is 11.1 Å². The van der Waals surface area contributed by atoms with Crippen LogP contribution in [0.15, 0.2) is 18.3 Å². The van der Waals surface area contributed by atoms with Gasteiger partial charge in [-0.15, -0.1) is 0 Å². The van der Waals surface area contributed by atoms with E-state index in [0.29, 0.717) is 5.15 Å². The predicted molar refractivity (Wildman–Crippen MR) is 69.5 cm³/mol. The zero-order valence-corrected chi connectivity index (χ0v) is 10.5. The summed E-state index contributed by atoms with van der Waals surface area (Å²) >= 11 is 5.88. The van der Waals surface area contributed by atoms with Crippen LogP contribution in [0, 0.1) is 0 Å². The minimum absolute atomic E-state index is 0.461. The van der Waals surface area contributed by atoms with Gasteiger partial charge in [0.25, 0.3) is 0 Å². The predicted octanol–water partition coefficient (Wildman–Crippen LogP) is 2.31. The molecule has 1 aromatic carbocycles. The fourth-order valence-corrected chi connectivity index (χ4v) is 2.46. The van der Waals surface area contributed by atoms with E-state index in [1.165, 1.54) is 11.1 Å². The van der Waals surface area contributed by atoms with Crippen molar-refractivity contribution in [1.82, 2.24) is 14.9 Å². The molecule has 0 unspecified atom stereocenters. The highest BCUT2D eigenvalue weighted by Crippen LogP contribution is 2.21. The van der Waals surface area contributed by atoms with Gasteiger partial charge in [-0.3, -0.25) is 4.98 Å². The van der Waals surface area contributed by atoms with Crippen LogP contribution >= 0.6 is 11.6 Å². The molecule has 1 aliphatic rings. The molecule has 3 nitrogen and oxygen atoms in total. The second kappa shape index (κ2) is 4.24. The number of aromatic nitrogens is 2. The van der Waals surface area contributed by atoms with E-state index in [-0.39, 0.29) is 0 Å². The molecule has 2 aromatic rings. The maximum Gasteiger partial charge on any atom is 0.148 e. The lowest BCUT2D eigenvalue weighted by molar-refractivity contribution is 0.352. The van der Waals surface area contributed by atoms with E-state index in [1.807, 2.05) is 0 Å². The molecule has 0 spiro atoms. The first kappa shape index (κ1) is 10.9. The van der Waals surface area contributed by atoms with Crippen LogP contribution in [0.5, 0.6) is 0 Å². The van der Waals surface area contributed by atoms with Crippen molar-refractivity contribution in [2.24, 2.45) is 0 Å². The third-order valence-corrected chi connectivity index (χ3v) is 3.54. The van der Waals surface area contributed by atoms with Crippen LogP contribution in [-0.4, -0.2) is 35.0 Å². The van der Waals surface area contributed by atoms with Crippen LogP contribution in [0.3, 0.4) is 0 Å². The first-order chi connectivity index (χ1) is 8.22. The Kier molecular flexibility index (Phi) is 2.73. The molecule has 0 radical (unpaired) electrons. The van der Waals surface area contributed by atoms with Gasteiger partial charge in [0.1, 0.15) is 5.15 Å². The Morgan fingerprint density at radius 1 is 1.12 bits per heavy atom. The van der Waals surface area contributed by atoms with Crippen LogP contribution in [0.2, 0.25) is 5.15 Å². The third-order valence-electron chi connectivity index (χ3n) is 3.36. The van der Waals surface area contributed by atoms with Gasteiger partial charge in [0.2, 0.25) is 0 Å². The molecule has 0 amide bonds. The minimum atomic E-state index is 0.461. The highest BCUT2D eigenvalue weighted by molar-refractivity contribution is 6.29. The molecule has 0 bridgehead atoms. The molecule has 0 atom stereocenters. The Labute approximate surface area is 105 Å². The summed E-state index contributed by atoms with van der Waals surface area (Å²) in [5.41, 5.74) is 4.63. The molecular formula is C13H14ClN3. The summed E-state index contributed by atoms with van der Waals surface area (Å²) < 4.78 is 0. The van der Waals surface area contributed by atoms with Crippen molar-refractivity contribution in [3.63, 3.8) is 0 Å². The van der Waals surface area contributed by atoms with Gasteiger partial charge in [-0.1, -0.05) is 11.6 Å². The molecule has 0 fully saturated rings. The number of benzene rings is 1. The van der Waals surface area contributed by atoms with Crippen molar-refractivity contribution in [1.29, 1.82) is 0 Å². The molecule has 2 heterocycles. The number of likely N-dealkylation sites (N-methyl/N-ethyl adjacent to an activating group) is 1. The Hall–Kier alpha value is -1.19. The minimum Gasteiger partial charge on any atom is -0.306 e. The van der Waals surface area contributed by atoms with Gasteiger partial charge < -0.3 is 4.90 Å². The van der Waals surface area contributed by atoms with Crippen LogP contribution in [0.4, 0.5) is 0 Å². The van der Waals surface area contributed by atoms with E-state index in [1.54, 1.807) is 6.20 Å². The normalized spacial score (nSPS) is 16.8. The van der Waals surface area contributed by atoms with E-state index in [9.17, 15) is 0 Å². The number of fused-ring (bicyclic) bond motifs is 2. The van der Waals surface area contributed by atoms with Crippen molar-refractivity contribution in [2.45, 2.75) is 12.8 Å². The Morgan fingerprint density at radius 2 is 1.76 bits per heavy atom. The highest BCUT2D eigenvalue weighted by atomic mass is 35.5. The van der Waals surface area contributed by atoms with Gasteiger partial charge in [0, 0.05) is 13.1 Å². The van der Waals surface area contributed by atoms with Gasteiger partial charge in [-0.05, 0) is 43.1 Å². The second-order valence-electron chi connectivity index (χ2n) is 4.61. The monoisotopic (exact) mass is 247 g/mol. The quantitative estimate of drug-likeness (QED) is 0.716. The lowest BCUT2D eigenvalue weighted by Crippen LogP contribution is -2.20. The molecule has 0 aliphatic carbocycles. The third kappa shape index (κ3) is 2.13. The standard InChI is InChI=1S/C13H14ClN3/c1-17-4-2-9-6-11-12(7-10(9)3-5-17)16-13(14)8-15-11/h6-8H,2-5H2,1H3. The van der Waals surface area contributed by atoms with E-state index < -0.39 is 0 Å². The lowest BCUT2D eigenvalue weighted by atomic mass is 10.0. The van der Waals surface area contributed by atoms with Gasteiger partial charge in [-0.2, -0.15) is 0 Å². The van der Waals surface area contributed by atoms with Gasteiger partial charge in [0.15, 0.2) is 0 Å². The summed E-state index contributed by atoms with van der Waals surface area (Å²) in [5, 5.41) is 0.461. The van der Waals surface area contributed by atoms with Crippen molar-refractivity contribution in [2.75, 3.05) is 20.1 Å². The molecule has 17 heavy (non-hydrogen) atoms. The van der Waals surface area contributed by atoms with Crippen LogP contribution in [0.25, 0.3) is 11.0 Å². The van der Waals surface area contributed by atoms with E-state index >= 15 is 0 Å². The molecule has 0 saturated carbocycles. The van der Waals surface area contributed by atoms with Crippen LogP contribution < -0.4 is 0 Å². The zero-order chi connectivity index (χ0) is 11.8. The van der Waals surface area contributed by atoms with Crippen LogP contribution in [-0.2, 0) is 12.8 Å². The molecule has 4 heteroatoms. The fraction of sp³-hybridized carbons (Fsp3) is 0.385. The van der Waals surface area contributed by atoms with Gasteiger partial charge in [-0.25, -0.2) is 4.98 Å². The molecule has 1 aromatic heterocycles. The maximum absolute atomic E-state index is 5.88. The molecule has 88 valence electrons. The van der Waals surface area contributed by atoms with E-state index in [2.05, 4.69) is 34.0 Å². The largest absolute Gasteiger partial charge is 0.306 e. The van der Waals surface area contributed by atoms with Crippen molar-refractivity contribution < 1.29 is 0 Å². The molecular weight excluding hydrogens is 234 g/mol. The topological polar surface area (TPSA) is 29.0 Å². The number of nitrogens with zero attached hydrogens (tertiary/aromatic N) is 3. The lowest BCUT2D eigenvalue weighted by Gasteiger charge is -2.10. The average Bonchev–Trinajstić information content (AvgIpc) is 2.49. The summed E-state index contributed by atoms with van der Waals surface area (Å²) in [6, 6.07) is 4.30. The molecule has 1 aliphatic heterocycles. The Balaban J connectivity index is 2.13. The summed E-state index contributed by atoms with van der Waals surface area (Å²) in [7, 11) is 2.17. The van der Waals surface area contributed by atoms with Crippen molar-refractivity contribution in [3.8, 4) is 0 Å². The number of hydrogen-bond donors (Lipinski definition) is 0. The maximum atomic E-state index is 5.88. The Bertz CT molecular complexity index is 568. The Morgan fingerprint density at radius 3 is 2.47 bits per heavy atom.